The fourth-order valence-corrected chi connectivity index (χ4v) is 3.37. The molecular formula is C20H23N3O2. The van der Waals surface area contributed by atoms with Crippen molar-refractivity contribution >= 4 is 17.6 Å². The smallest absolute Gasteiger partial charge is 0.319 e. The molecule has 0 saturated carbocycles. The average Bonchev–Trinajstić information content (AvgIpc) is 2.79. The molecule has 5 heteroatoms. The van der Waals surface area contributed by atoms with Gasteiger partial charge in [-0.2, -0.15) is 0 Å². The molecule has 3 amide bonds. The Bertz CT molecular complexity index is 773. The lowest BCUT2D eigenvalue weighted by Gasteiger charge is -2.20. The molecule has 1 aliphatic rings. The van der Waals surface area contributed by atoms with E-state index >= 15 is 0 Å². The van der Waals surface area contributed by atoms with Crippen molar-refractivity contribution in [3.05, 3.63) is 65.2 Å². The van der Waals surface area contributed by atoms with E-state index in [4.69, 9.17) is 5.73 Å². The first-order chi connectivity index (χ1) is 12.1. The van der Waals surface area contributed by atoms with E-state index in [2.05, 4.69) is 22.8 Å². The van der Waals surface area contributed by atoms with E-state index in [0.29, 0.717) is 11.3 Å². The van der Waals surface area contributed by atoms with Crippen molar-refractivity contribution in [2.24, 2.45) is 5.73 Å². The minimum absolute atomic E-state index is 0.00185. The topological polar surface area (TPSA) is 84.2 Å². The third kappa shape index (κ3) is 4.38. The van der Waals surface area contributed by atoms with Crippen molar-refractivity contribution in [2.45, 2.75) is 38.1 Å². The Morgan fingerprint density at radius 1 is 1.04 bits per heavy atom. The van der Waals surface area contributed by atoms with E-state index < -0.39 is 5.91 Å². The van der Waals surface area contributed by atoms with E-state index in [9.17, 15) is 9.59 Å². The number of aryl methyl sites for hydroxylation is 1. The number of anilines is 1. The van der Waals surface area contributed by atoms with Gasteiger partial charge in [0.05, 0.1) is 12.5 Å². The van der Waals surface area contributed by atoms with E-state index in [-0.39, 0.29) is 18.5 Å². The Labute approximate surface area is 147 Å². The van der Waals surface area contributed by atoms with E-state index in [1.807, 2.05) is 24.3 Å². The highest BCUT2D eigenvalue weighted by Gasteiger charge is 2.20. The summed E-state index contributed by atoms with van der Waals surface area (Å²) in [5.41, 5.74) is 9.10. The Morgan fingerprint density at radius 3 is 2.64 bits per heavy atom. The molecule has 0 spiro atoms. The molecule has 4 N–H and O–H groups in total. The fourth-order valence-electron chi connectivity index (χ4n) is 3.37. The highest BCUT2D eigenvalue weighted by Crippen LogP contribution is 2.28. The summed E-state index contributed by atoms with van der Waals surface area (Å²) in [5.74, 6) is -0.424. The first-order valence-electron chi connectivity index (χ1n) is 8.65. The summed E-state index contributed by atoms with van der Waals surface area (Å²) in [6.07, 6.45) is 4.30. The van der Waals surface area contributed by atoms with Gasteiger partial charge in [0.15, 0.2) is 0 Å². The second-order valence-electron chi connectivity index (χ2n) is 6.40. The molecule has 1 aliphatic carbocycles. The van der Waals surface area contributed by atoms with Crippen LogP contribution in [0.3, 0.4) is 0 Å². The number of nitrogens with two attached hydrogens (primary N) is 1. The quantitative estimate of drug-likeness (QED) is 0.748. The zero-order chi connectivity index (χ0) is 17.6. The number of fused-ring (bicyclic) bond motifs is 1. The summed E-state index contributed by atoms with van der Waals surface area (Å²) >= 11 is 0. The first kappa shape index (κ1) is 17.0. The number of para-hydroxylation sites is 1. The van der Waals surface area contributed by atoms with Crippen LogP contribution >= 0.6 is 0 Å². The van der Waals surface area contributed by atoms with Crippen LogP contribution in [-0.2, 0) is 17.6 Å². The third-order valence-electron chi connectivity index (χ3n) is 4.55. The van der Waals surface area contributed by atoms with Gasteiger partial charge in [-0.25, -0.2) is 4.79 Å². The molecule has 0 aromatic heterocycles. The van der Waals surface area contributed by atoms with Crippen LogP contribution in [0.1, 0.15) is 42.0 Å². The maximum Gasteiger partial charge on any atom is 0.319 e. The van der Waals surface area contributed by atoms with Gasteiger partial charge >= 0.3 is 6.03 Å². The second-order valence-corrected chi connectivity index (χ2v) is 6.40. The number of primary amides is 1. The van der Waals surface area contributed by atoms with Gasteiger partial charge in [0.2, 0.25) is 5.91 Å². The molecule has 0 fully saturated rings. The molecule has 0 radical (unpaired) electrons. The lowest BCUT2D eigenvalue weighted by molar-refractivity contribution is -0.117. The highest BCUT2D eigenvalue weighted by atomic mass is 16.2. The van der Waals surface area contributed by atoms with Crippen LogP contribution in [-0.4, -0.2) is 11.9 Å². The summed E-state index contributed by atoms with van der Waals surface area (Å²) in [4.78, 5) is 23.7. The monoisotopic (exact) mass is 337 g/mol. The number of urea groups is 1. The molecule has 0 unspecified atom stereocenters. The van der Waals surface area contributed by atoms with Crippen molar-refractivity contribution in [1.29, 1.82) is 0 Å². The van der Waals surface area contributed by atoms with Gasteiger partial charge < -0.3 is 16.4 Å². The minimum Gasteiger partial charge on any atom is -0.369 e. The number of nitrogens with one attached hydrogen (secondary N) is 2. The Morgan fingerprint density at radius 2 is 1.80 bits per heavy atom. The molecule has 1 atom stereocenters. The lowest BCUT2D eigenvalue weighted by Crippen LogP contribution is -2.33. The molecule has 3 rings (SSSR count). The molecule has 130 valence electrons. The number of amides is 3. The third-order valence-corrected chi connectivity index (χ3v) is 4.55. The van der Waals surface area contributed by atoms with E-state index in [0.717, 1.165) is 25.7 Å². The van der Waals surface area contributed by atoms with Gasteiger partial charge in [0.25, 0.3) is 0 Å². The summed E-state index contributed by atoms with van der Waals surface area (Å²) in [7, 11) is 0. The number of carbonyl (C=O) groups is 2. The zero-order valence-corrected chi connectivity index (χ0v) is 14.1. The van der Waals surface area contributed by atoms with Crippen LogP contribution in [0, 0.1) is 0 Å². The molecule has 0 bridgehead atoms. The van der Waals surface area contributed by atoms with Crippen molar-refractivity contribution in [2.75, 3.05) is 5.32 Å². The normalized spacial score (nSPS) is 16.4. The van der Waals surface area contributed by atoms with Gasteiger partial charge in [-0.3, -0.25) is 4.79 Å². The molecule has 2 aromatic rings. The van der Waals surface area contributed by atoms with Gasteiger partial charge in [0.1, 0.15) is 0 Å². The largest absolute Gasteiger partial charge is 0.369 e. The average molecular weight is 337 g/mol. The Balaban J connectivity index is 1.72. The molecule has 5 nitrogen and oxygen atoms in total. The van der Waals surface area contributed by atoms with Crippen molar-refractivity contribution < 1.29 is 9.59 Å². The van der Waals surface area contributed by atoms with Crippen LogP contribution in [0.5, 0.6) is 0 Å². The van der Waals surface area contributed by atoms with Crippen LogP contribution in [0.4, 0.5) is 10.5 Å². The minimum atomic E-state index is -0.424. The van der Waals surface area contributed by atoms with Gasteiger partial charge in [-0.05, 0) is 42.0 Å². The van der Waals surface area contributed by atoms with Crippen molar-refractivity contribution in [3.63, 3.8) is 0 Å². The van der Waals surface area contributed by atoms with Crippen LogP contribution in [0.2, 0.25) is 0 Å². The first-order valence-corrected chi connectivity index (χ1v) is 8.65. The predicted octanol–water partition coefficient (Wildman–Crippen LogP) is 3.30. The second kappa shape index (κ2) is 7.83. The molecule has 0 heterocycles. The number of benzene rings is 2. The standard InChI is InChI=1S/C20H23N3O2/c21-19(24)13-15-9-3-5-11-17(15)22-20(25)23-18-12-6-2-8-14-7-1-4-10-16(14)18/h1,3-5,7,9-11,18H,2,6,8,12-13H2,(H2,21,24)(H2,22,23,25)/t18-/m1/s1. The zero-order valence-electron chi connectivity index (χ0n) is 14.1. The number of rotatable bonds is 4. The molecule has 0 aliphatic heterocycles. The SMILES string of the molecule is NC(=O)Cc1ccccc1NC(=O)N[C@@H]1CCCCc2ccccc21. The van der Waals surface area contributed by atoms with E-state index in [1.54, 1.807) is 12.1 Å². The van der Waals surface area contributed by atoms with Gasteiger partial charge in [0, 0.05) is 5.69 Å². The number of hydrogen-bond donors (Lipinski definition) is 3. The summed E-state index contributed by atoms with van der Waals surface area (Å²) in [6.45, 7) is 0. The summed E-state index contributed by atoms with van der Waals surface area (Å²) < 4.78 is 0. The summed E-state index contributed by atoms with van der Waals surface area (Å²) in [6, 6.07) is 15.2. The van der Waals surface area contributed by atoms with Gasteiger partial charge in [-0.1, -0.05) is 48.9 Å². The lowest BCUT2D eigenvalue weighted by atomic mass is 9.99. The Kier molecular flexibility index (Phi) is 5.33. The number of carbonyl (C=O) groups excluding carboxylic acids is 2. The molecule has 0 saturated heterocycles. The Hall–Kier alpha value is -2.82. The van der Waals surface area contributed by atoms with E-state index in [1.165, 1.54) is 11.1 Å². The highest BCUT2D eigenvalue weighted by molar-refractivity contribution is 5.91. The van der Waals surface area contributed by atoms with Crippen LogP contribution in [0.15, 0.2) is 48.5 Å². The predicted molar refractivity (Wildman–Crippen MR) is 98.2 cm³/mol. The fraction of sp³-hybridized carbons (Fsp3) is 0.300. The summed E-state index contributed by atoms with van der Waals surface area (Å²) in [5, 5.41) is 5.93. The van der Waals surface area contributed by atoms with Crippen LogP contribution in [0.25, 0.3) is 0 Å². The van der Waals surface area contributed by atoms with Crippen LogP contribution < -0.4 is 16.4 Å². The molecule has 25 heavy (non-hydrogen) atoms. The van der Waals surface area contributed by atoms with Gasteiger partial charge in [-0.15, -0.1) is 0 Å². The maximum atomic E-state index is 12.5. The van der Waals surface area contributed by atoms with Crippen molar-refractivity contribution in [1.82, 2.24) is 5.32 Å². The van der Waals surface area contributed by atoms with Crippen molar-refractivity contribution in [3.8, 4) is 0 Å². The maximum absolute atomic E-state index is 12.5. The number of hydrogen-bond acceptors (Lipinski definition) is 2. The molecule has 2 aromatic carbocycles. The molecular weight excluding hydrogens is 314 g/mol.